The van der Waals surface area contributed by atoms with E-state index in [4.69, 9.17) is 4.74 Å². The van der Waals surface area contributed by atoms with Crippen molar-refractivity contribution in [2.75, 3.05) is 7.11 Å². The maximum absolute atomic E-state index is 11.6. The molecule has 1 rings (SSSR count). The number of methoxy groups -OCH3 is 1. The predicted molar refractivity (Wildman–Crippen MR) is 60.7 cm³/mol. The van der Waals surface area contributed by atoms with E-state index in [2.05, 4.69) is 6.92 Å². The summed E-state index contributed by atoms with van der Waals surface area (Å²) in [6.45, 7) is 2.12. The van der Waals surface area contributed by atoms with Crippen molar-refractivity contribution in [1.29, 1.82) is 0 Å². The third-order valence-corrected chi connectivity index (χ3v) is 2.53. The first kappa shape index (κ1) is 11.8. The van der Waals surface area contributed by atoms with Crippen molar-refractivity contribution in [2.45, 2.75) is 32.1 Å². The number of esters is 1. The molecule has 0 saturated carbocycles. The molecular weight excluding hydrogens is 188 g/mol. The van der Waals surface area contributed by atoms with Crippen LogP contribution in [0.1, 0.15) is 37.7 Å². The second kappa shape index (κ2) is 6.23. The normalized spacial score (nSPS) is 12.1. The quantitative estimate of drug-likeness (QED) is 0.692. The third-order valence-electron chi connectivity index (χ3n) is 2.53. The molecule has 0 spiro atoms. The van der Waals surface area contributed by atoms with Crippen molar-refractivity contribution in [2.24, 2.45) is 0 Å². The third kappa shape index (κ3) is 3.39. The molecule has 15 heavy (non-hydrogen) atoms. The van der Waals surface area contributed by atoms with Gasteiger partial charge in [-0.15, -0.1) is 0 Å². The summed E-state index contributed by atoms with van der Waals surface area (Å²) in [7, 11) is 1.45. The molecular formula is C13H18O2. The number of carbonyl (C=O) groups is 1. The second-order valence-corrected chi connectivity index (χ2v) is 3.63. The molecule has 0 aliphatic carbocycles. The first-order valence-corrected chi connectivity index (χ1v) is 5.42. The maximum Gasteiger partial charge on any atom is 0.313 e. The SMILES string of the molecule is CCCCC(C(=O)OC)c1ccccc1. The Bertz CT molecular complexity index is 293. The lowest BCUT2D eigenvalue weighted by Crippen LogP contribution is -2.14. The molecule has 0 saturated heterocycles. The molecule has 0 heterocycles. The molecule has 0 aromatic heterocycles. The molecule has 1 aromatic carbocycles. The van der Waals surface area contributed by atoms with E-state index in [0.717, 1.165) is 24.8 Å². The van der Waals surface area contributed by atoms with Gasteiger partial charge in [-0.05, 0) is 12.0 Å². The van der Waals surface area contributed by atoms with Gasteiger partial charge in [-0.25, -0.2) is 0 Å². The van der Waals surface area contributed by atoms with Gasteiger partial charge in [0.1, 0.15) is 0 Å². The van der Waals surface area contributed by atoms with Crippen LogP contribution < -0.4 is 0 Å². The summed E-state index contributed by atoms with van der Waals surface area (Å²) < 4.78 is 4.82. The van der Waals surface area contributed by atoms with E-state index in [0.29, 0.717) is 0 Å². The average Bonchev–Trinajstić information content (AvgIpc) is 2.30. The molecule has 2 nitrogen and oxygen atoms in total. The van der Waals surface area contributed by atoms with Crippen molar-refractivity contribution in [3.05, 3.63) is 35.9 Å². The van der Waals surface area contributed by atoms with E-state index in [-0.39, 0.29) is 11.9 Å². The Hall–Kier alpha value is -1.31. The summed E-state index contributed by atoms with van der Waals surface area (Å²) in [6.07, 6.45) is 3.02. The lowest BCUT2D eigenvalue weighted by Gasteiger charge is -2.14. The van der Waals surface area contributed by atoms with Crippen LogP contribution in [0.5, 0.6) is 0 Å². The molecule has 0 bridgehead atoms. The molecule has 1 unspecified atom stereocenters. The van der Waals surface area contributed by atoms with Crippen molar-refractivity contribution in [3.63, 3.8) is 0 Å². The summed E-state index contributed by atoms with van der Waals surface area (Å²) in [5.41, 5.74) is 1.05. The summed E-state index contributed by atoms with van der Waals surface area (Å²) in [5, 5.41) is 0. The average molecular weight is 206 g/mol. The Morgan fingerprint density at radius 2 is 2.00 bits per heavy atom. The van der Waals surface area contributed by atoms with Crippen molar-refractivity contribution < 1.29 is 9.53 Å². The number of carbonyl (C=O) groups excluding carboxylic acids is 1. The van der Waals surface area contributed by atoms with Gasteiger partial charge in [0.05, 0.1) is 13.0 Å². The molecule has 2 heteroatoms. The van der Waals surface area contributed by atoms with Crippen LogP contribution in [-0.2, 0) is 9.53 Å². The zero-order valence-electron chi connectivity index (χ0n) is 9.40. The van der Waals surface area contributed by atoms with E-state index in [1.165, 1.54) is 7.11 Å². The largest absolute Gasteiger partial charge is 0.469 e. The van der Waals surface area contributed by atoms with Gasteiger partial charge >= 0.3 is 5.97 Å². The molecule has 1 atom stereocenters. The van der Waals surface area contributed by atoms with Gasteiger partial charge in [-0.3, -0.25) is 4.79 Å². The number of rotatable bonds is 5. The van der Waals surface area contributed by atoms with Crippen LogP contribution in [-0.4, -0.2) is 13.1 Å². The summed E-state index contributed by atoms with van der Waals surface area (Å²) in [5.74, 6) is -0.231. The van der Waals surface area contributed by atoms with E-state index < -0.39 is 0 Å². The minimum absolute atomic E-state index is 0.101. The molecule has 0 N–H and O–H groups in total. The molecule has 1 aromatic rings. The summed E-state index contributed by atoms with van der Waals surface area (Å²) in [4.78, 5) is 11.6. The lowest BCUT2D eigenvalue weighted by atomic mass is 9.94. The monoisotopic (exact) mass is 206 g/mol. The smallest absolute Gasteiger partial charge is 0.313 e. The zero-order chi connectivity index (χ0) is 11.1. The minimum Gasteiger partial charge on any atom is -0.469 e. The molecule has 0 aliphatic heterocycles. The number of unbranched alkanes of at least 4 members (excludes halogenated alkanes) is 1. The molecule has 0 radical (unpaired) electrons. The van der Waals surface area contributed by atoms with E-state index in [1.807, 2.05) is 30.3 Å². The van der Waals surface area contributed by atoms with E-state index in [1.54, 1.807) is 0 Å². The van der Waals surface area contributed by atoms with Gasteiger partial charge in [0.25, 0.3) is 0 Å². The van der Waals surface area contributed by atoms with Gasteiger partial charge in [0, 0.05) is 0 Å². The first-order valence-electron chi connectivity index (χ1n) is 5.42. The van der Waals surface area contributed by atoms with E-state index in [9.17, 15) is 4.79 Å². The first-order chi connectivity index (χ1) is 7.29. The van der Waals surface area contributed by atoms with Crippen LogP contribution in [0.3, 0.4) is 0 Å². The van der Waals surface area contributed by atoms with Gasteiger partial charge < -0.3 is 4.74 Å². The maximum atomic E-state index is 11.6. The van der Waals surface area contributed by atoms with Crippen LogP contribution in [0.25, 0.3) is 0 Å². The van der Waals surface area contributed by atoms with Crippen LogP contribution >= 0.6 is 0 Å². The standard InChI is InChI=1S/C13H18O2/c1-3-4-10-12(13(14)15-2)11-8-6-5-7-9-11/h5-9,12H,3-4,10H2,1-2H3. The number of hydrogen-bond acceptors (Lipinski definition) is 2. The fourth-order valence-electron chi connectivity index (χ4n) is 1.66. The van der Waals surface area contributed by atoms with Gasteiger partial charge in [0.2, 0.25) is 0 Å². The van der Waals surface area contributed by atoms with Gasteiger partial charge in [0.15, 0.2) is 0 Å². The van der Waals surface area contributed by atoms with Crippen LogP contribution in [0.15, 0.2) is 30.3 Å². The van der Waals surface area contributed by atoms with Crippen molar-refractivity contribution in [3.8, 4) is 0 Å². The summed E-state index contributed by atoms with van der Waals surface area (Å²) in [6, 6.07) is 9.83. The second-order valence-electron chi connectivity index (χ2n) is 3.63. The van der Waals surface area contributed by atoms with Crippen LogP contribution in [0.4, 0.5) is 0 Å². The Kier molecular flexibility index (Phi) is 4.88. The molecule has 82 valence electrons. The minimum atomic E-state index is -0.130. The number of benzene rings is 1. The lowest BCUT2D eigenvalue weighted by molar-refractivity contribution is -0.142. The highest BCUT2D eigenvalue weighted by Crippen LogP contribution is 2.23. The van der Waals surface area contributed by atoms with Gasteiger partial charge in [-0.1, -0.05) is 50.1 Å². The molecule has 0 amide bonds. The van der Waals surface area contributed by atoms with Crippen molar-refractivity contribution in [1.82, 2.24) is 0 Å². The highest BCUT2D eigenvalue weighted by atomic mass is 16.5. The Morgan fingerprint density at radius 1 is 1.33 bits per heavy atom. The Labute approximate surface area is 91.3 Å². The topological polar surface area (TPSA) is 26.3 Å². The zero-order valence-corrected chi connectivity index (χ0v) is 9.40. The Balaban J connectivity index is 2.76. The van der Waals surface area contributed by atoms with Crippen molar-refractivity contribution >= 4 is 5.97 Å². The van der Waals surface area contributed by atoms with Gasteiger partial charge in [-0.2, -0.15) is 0 Å². The highest BCUT2D eigenvalue weighted by Gasteiger charge is 2.19. The fraction of sp³-hybridized carbons (Fsp3) is 0.462. The predicted octanol–water partition coefficient (Wildman–Crippen LogP) is 3.13. The van der Waals surface area contributed by atoms with E-state index >= 15 is 0 Å². The Morgan fingerprint density at radius 3 is 2.53 bits per heavy atom. The number of ether oxygens (including phenoxy) is 1. The summed E-state index contributed by atoms with van der Waals surface area (Å²) >= 11 is 0. The van der Waals surface area contributed by atoms with Crippen LogP contribution in [0, 0.1) is 0 Å². The molecule has 0 fully saturated rings. The fourth-order valence-corrected chi connectivity index (χ4v) is 1.66. The number of hydrogen-bond donors (Lipinski definition) is 0. The highest BCUT2D eigenvalue weighted by molar-refractivity contribution is 5.77. The molecule has 0 aliphatic rings. The van der Waals surface area contributed by atoms with Crippen LogP contribution in [0.2, 0.25) is 0 Å².